The molecule has 2 aromatic carbocycles. The Labute approximate surface area is 178 Å². The smallest absolute Gasteiger partial charge is 0.294 e. The van der Waals surface area contributed by atoms with Crippen molar-refractivity contribution >= 4 is 40.6 Å². The van der Waals surface area contributed by atoms with Crippen LogP contribution >= 0.6 is 11.8 Å². The molecular weight excluding hydrogens is 404 g/mol. The number of thioether (sulfide) groups is 1. The molecule has 2 aromatic rings. The highest BCUT2D eigenvalue weighted by molar-refractivity contribution is 8.18. The molecule has 2 aliphatic heterocycles. The highest BCUT2D eigenvalue weighted by Gasteiger charge is 2.36. The van der Waals surface area contributed by atoms with Crippen LogP contribution in [0.2, 0.25) is 0 Å². The summed E-state index contributed by atoms with van der Waals surface area (Å²) in [5.74, 6) is 0.692. The van der Waals surface area contributed by atoms with Gasteiger partial charge in [0, 0.05) is 5.69 Å². The number of carbonyl (C=O) groups is 3. The van der Waals surface area contributed by atoms with Gasteiger partial charge in [-0.3, -0.25) is 19.3 Å². The predicted molar refractivity (Wildman–Crippen MR) is 114 cm³/mol. The summed E-state index contributed by atoms with van der Waals surface area (Å²) in [5.41, 5.74) is 2.49. The quantitative estimate of drug-likeness (QED) is 0.724. The summed E-state index contributed by atoms with van der Waals surface area (Å²) in [4.78, 5) is 38.5. The molecule has 2 heterocycles. The van der Waals surface area contributed by atoms with Gasteiger partial charge in [0.25, 0.3) is 11.1 Å². The Morgan fingerprint density at radius 1 is 1.13 bits per heavy atom. The van der Waals surface area contributed by atoms with Gasteiger partial charge in [0.1, 0.15) is 6.54 Å². The third-order valence-electron chi connectivity index (χ3n) is 4.73. The number of benzene rings is 2. The second kappa shape index (κ2) is 8.23. The number of carbonyl (C=O) groups excluding carboxylic acids is 3. The highest BCUT2D eigenvalue weighted by atomic mass is 32.2. The van der Waals surface area contributed by atoms with Crippen LogP contribution in [0.25, 0.3) is 6.08 Å². The van der Waals surface area contributed by atoms with Gasteiger partial charge in [-0.2, -0.15) is 0 Å². The lowest BCUT2D eigenvalue weighted by Crippen LogP contribution is -2.36. The van der Waals surface area contributed by atoms with Crippen LogP contribution < -0.4 is 14.8 Å². The number of hydrogen-bond donors (Lipinski definition) is 1. The molecule has 0 spiro atoms. The van der Waals surface area contributed by atoms with Crippen molar-refractivity contribution in [2.75, 3.05) is 18.7 Å². The lowest BCUT2D eigenvalue weighted by molar-refractivity contribution is -0.127. The van der Waals surface area contributed by atoms with E-state index < -0.39 is 17.1 Å². The monoisotopic (exact) mass is 424 g/mol. The Bertz CT molecular complexity index is 1050. The Balaban J connectivity index is 1.41. The van der Waals surface area contributed by atoms with E-state index >= 15 is 0 Å². The zero-order valence-electron chi connectivity index (χ0n) is 16.5. The molecule has 154 valence electrons. The van der Waals surface area contributed by atoms with Gasteiger partial charge in [-0.1, -0.05) is 32.0 Å². The Morgan fingerprint density at radius 3 is 2.60 bits per heavy atom. The molecule has 3 amide bonds. The molecule has 0 atom stereocenters. The summed E-state index contributed by atoms with van der Waals surface area (Å²) in [5, 5.41) is 2.25. The van der Waals surface area contributed by atoms with Gasteiger partial charge in [-0.15, -0.1) is 0 Å². The molecule has 0 radical (unpaired) electrons. The maximum atomic E-state index is 12.6. The van der Waals surface area contributed by atoms with Crippen LogP contribution in [0, 0.1) is 0 Å². The summed E-state index contributed by atoms with van der Waals surface area (Å²) in [6.45, 7) is 3.99. The van der Waals surface area contributed by atoms with E-state index in [1.165, 1.54) is 0 Å². The number of fused-ring (bicyclic) bond motifs is 1. The minimum absolute atomic E-state index is 0.157. The topological polar surface area (TPSA) is 84.9 Å². The van der Waals surface area contributed by atoms with Crippen molar-refractivity contribution in [3.8, 4) is 11.5 Å². The molecule has 30 heavy (non-hydrogen) atoms. The number of imide groups is 1. The number of nitrogens with one attached hydrogen (secondary N) is 1. The van der Waals surface area contributed by atoms with Gasteiger partial charge in [0.05, 0.1) is 4.91 Å². The van der Waals surface area contributed by atoms with E-state index in [9.17, 15) is 14.4 Å². The molecule has 1 saturated heterocycles. The number of ether oxygens (including phenoxy) is 2. The average molecular weight is 424 g/mol. The van der Waals surface area contributed by atoms with E-state index in [4.69, 9.17) is 9.47 Å². The number of nitrogens with zero attached hydrogens (tertiary/aromatic N) is 1. The minimum atomic E-state index is -0.493. The van der Waals surface area contributed by atoms with E-state index in [1.54, 1.807) is 36.4 Å². The van der Waals surface area contributed by atoms with E-state index in [0.29, 0.717) is 28.7 Å². The number of hydrogen-bond acceptors (Lipinski definition) is 6. The first kappa shape index (κ1) is 20.0. The van der Waals surface area contributed by atoms with Crippen LogP contribution in [0.1, 0.15) is 30.9 Å². The standard InChI is InChI=1S/C22H20N2O5S/c1-13(2)15-4-6-16(7-5-15)23-20(25)11-24-21(26)19(30-22(24)27)10-14-3-8-17-18(9-14)29-12-28-17/h3-10,13H,11-12H2,1-2H3,(H,23,25). The lowest BCUT2D eigenvalue weighted by Gasteiger charge is -2.13. The average Bonchev–Trinajstić information content (AvgIpc) is 3.28. The van der Waals surface area contributed by atoms with E-state index in [0.717, 1.165) is 22.2 Å². The van der Waals surface area contributed by atoms with Crippen molar-refractivity contribution in [1.29, 1.82) is 0 Å². The summed E-state index contributed by atoms with van der Waals surface area (Å²) in [6, 6.07) is 12.7. The van der Waals surface area contributed by atoms with Gasteiger partial charge in [0.2, 0.25) is 12.7 Å². The largest absolute Gasteiger partial charge is 0.454 e. The zero-order chi connectivity index (χ0) is 21.3. The zero-order valence-corrected chi connectivity index (χ0v) is 17.3. The van der Waals surface area contributed by atoms with Crippen molar-refractivity contribution in [2.24, 2.45) is 0 Å². The van der Waals surface area contributed by atoms with Crippen LogP contribution in [0.15, 0.2) is 47.4 Å². The van der Waals surface area contributed by atoms with Gasteiger partial charge >= 0.3 is 0 Å². The Kier molecular flexibility index (Phi) is 5.50. The molecule has 0 aromatic heterocycles. The third kappa shape index (κ3) is 4.18. The van der Waals surface area contributed by atoms with Gasteiger partial charge < -0.3 is 14.8 Å². The number of amides is 3. The van der Waals surface area contributed by atoms with Crippen molar-refractivity contribution in [3.05, 3.63) is 58.5 Å². The number of anilines is 1. The number of rotatable bonds is 5. The molecule has 8 heteroatoms. The van der Waals surface area contributed by atoms with Crippen LogP contribution in [-0.2, 0) is 9.59 Å². The Hall–Kier alpha value is -3.26. The highest BCUT2D eigenvalue weighted by Crippen LogP contribution is 2.36. The minimum Gasteiger partial charge on any atom is -0.454 e. The normalized spacial score (nSPS) is 16.6. The molecule has 0 saturated carbocycles. The van der Waals surface area contributed by atoms with Crippen LogP contribution in [0.5, 0.6) is 11.5 Å². The lowest BCUT2D eigenvalue weighted by atomic mass is 10.0. The van der Waals surface area contributed by atoms with Crippen molar-refractivity contribution in [2.45, 2.75) is 19.8 Å². The molecule has 0 bridgehead atoms. The molecule has 2 aliphatic rings. The Morgan fingerprint density at radius 2 is 1.87 bits per heavy atom. The fourth-order valence-corrected chi connectivity index (χ4v) is 3.92. The van der Waals surface area contributed by atoms with Crippen LogP contribution in [0.4, 0.5) is 10.5 Å². The fraction of sp³-hybridized carbons (Fsp3) is 0.227. The molecule has 0 unspecified atom stereocenters. The van der Waals surface area contributed by atoms with Crippen molar-refractivity contribution < 1.29 is 23.9 Å². The summed E-state index contributed by atoms with van der Waals surface area (Å²) >= 11 is 0.810. The summed E-state index contributed by atoms with van der Waals surface area (Å²) in [7, 11) is 0. The fourth-order valence-electron chi connectivity index (χ4n) is 3.09. The van der Waals surface area contributed by atoms with Gasteiger partial charge in [-0.25, -0.2) is 0 Å². The molecule has 0 aliphatic carbocycles. The molecule has 4 rings (SSSR count). The predicted octanol–water partition coefficient (Wildman–Crippen LogP) is 4.21. The molecule has 1 N–H and O–H groups in total. The second-order valence-electron chi connectivity index (χ2n) is 7.21. The van der Waals surface area contributed by atoms with Gasteiger partial charge in [-0.05, 0) is 59.1 Å². The molecular formula is C22H20N2O5S. The SMILES string of the molecule is CC(C)c1ccc(NC(=O)CN2C(=O)SC(=Cc3ccc4c(c3)OCO4)C2=O)cc1. The first-order chi connectivity index (χ1) is 14.4. The van der Waals surface area contributed by atoms with Crippen LogP contribution in [-0.4, -0.2) is 35.3 Å². The van der Waals surface area contributed by atoms with Gasteiger partial charge in [0.15, 0.2) is 11.5 Å². The van der Waals surface area contributed by atoms with E-state index in [1.807, 2.05) is 12.1 Å². The second-order valence-corrected chi connectivity index (χ2v) is 8.20. The van der Waals surface area contributed by atoms with Crippen LogP contribution in [0.3, 0.4) is 0 Å². The van der Waals surface area contributed by atoms with E-state index in [-0.39, 0.29) is 18.2 Å². The maximum Gasteiger partial charge on any atom is 0.294 e. The van der Waals surface area contributed by atoms with Crippen molar-refractivity contribution in [1.82, 2.24) is 4.90 Å². The third-order valence-corrected chi connectivity index (χ3v) is 5.64. The molecule has 1 fully saturated rings. The summed E-state index contributed by atoms with van der Waals surface area (Å²) in [6.07, 6.45) is 1.61. The maximum absolute atomic E-state index is 12.6. The molecule has 7 nitrogen and oxygen atoms in total. The first-order valence-corrected chi connectivity index (χ1v) is 10.3. The summed E-state index contributed by atoms with van der Waals surface area (Å²) < 4.78 is 10.6. The van der Waals surface area contributed by atoms with E-state index in [2.05, 4.69) is 19.2 Å². The first-order valence-electron chi connectivity index (χ1n) is 9.45. The van der Waals surface area contributed by atoms with Crippen molar-refractivity contribution in [3.63, 3.8) is 0 Å².